The van der Waals surface area contributed by atoms with Gasteiger partial charge in [0, 0.05) is 18.7 Å². The predicted molar refractivity (Wildman–Crippen MR) is 54.5 cm³/mol. The normalized spacial score (nSPS) is 19.6. The maximum Gasteiger partial charge on any atom is 0.113 e. The number of nitrogens with zero attached hydrogens (tertiary/aromatic N) is 1. The van der Waals surface area contributed by atoms with E-state index in [4.69, 9.17) is 10.5 Å². The van der Waals surface area contributed by atoms with Crippen molar-refractivity contribution in [3.8, 4) is 0 Å². The van der Waals surface area contributed by atoms with E-state index in [2.05, 4.69) is 9.97 Å². The smallest absolute Gasteiger partial charge is 0.113 e. The van der Waals surface area contributed by atoms with Crippen molar-refractivity contribution in [2.45, 2.75) is 12.5 Å². The van der Waals surface area contributed by atoms with Crippen molar-refractivity contribution >= 4 is 24.8 Å². The molecule has 1 aromatic rings. The molecule has 1 aromatic heterocycles. The van der Waals surface area contributed by atoms with Crippen molar-refractivity contribution in [1.29, 1.82) is 0 Å². The van der Waals surface area contributed by atoms with Crippen LogP contribution in [0.15, 0.2) is 6.33 Å². The van der Waals surface area contributed by atoms with Crippen LogP contribution in [0.2, 0.25) is 0 Å². The third-order valence-electron chi connectivity index (χ3n) is 1.94. The quantitative estimate of drug-likeness (QED) is 0.745. The summed E-state index contributed by atoms with van der Waals surface area (Å²) in [6.07, 6.45) is 2.62. The molecule has 3 N–H and O–H groups in total. The number of ether oxygens (including phenoxy) is 1. The number of hydrogen-bond acceptors (Lipinski definition) is 3. The molecule has 2 rings (SSSR count). The average Bonchev–Trinajstić information content (AvgIpc) is 2.50. The molecular formula is C7H13Cl2N3O. The number of aromatic amines is 1. The minimum Gasteiger partial charge on any atom is -0.370 e. The van der Waals surface area contributed by atoms with Gasteiger partial charge in [-0.15, -0.1) is 24.8 Å². The molecule has 0 radical (unpaired) electrons. The van der Waals surface area contributed by atoms with Crippen molar-refractivity contribution < 1.29 is 4.74 Å². The zero-order valence-corrected chi connectivity index (χ0v) is 8.66. The Bertz CT molecular complexity index is 254. The van der Waals surface area contributed by atoms with Gasteiger partial charge >= 0.3 is 0 Å². The highest BCUT2D eigenvalue weighted by molar-refractivity contribution is 5.85. The number of fused-ring (bicyclic) bond motifs is 1. The maximum atomic E-state index is 5.50. The van der Waals surface area contributed by atoms with Gasteiger partial charge in [0.25, 0.3) is 0 Å². The van der Waals surface area contributed by atoms with E-state index < -0.39 is 0 Å². The summed E-state index contributed by atoms with van der Waals surface area (Å²) in [5.41, 5.74) is 7.66. The van der Waals surface area contributed by atoms with Gasteiger partial charge in [-0.05, 0) is 0 Å². The minimum absolute atomic E-state index is 0. The summed E-state index contributed by atoms with van der Waals surface area (Å²) < 4.78 is 5.40. The highest BCUT2D eigenvalue weighted by Crippen LogP contribution is 2.22. The van der Waals surface area contributed by atoms with Crippen molar-refractivity contribution in [3.05, 3.63) is 17.7 Å². The van der Waals surface area contributed by atoms with Crippen LogP contribution in [0.25, 0.3) is 0 Å². The largest absolute Gasteiger partial charge is 0.370 e. The highest BCUT2D eigenvalue weighted by atomic mass is 35.5. The summed E-state index contributed by atoms with van der Waals surface area (Å²) in [6, 6.07) is 0. The Labute approximate surface area is 89.1 Å². The maximum absolute atomic E-state index is 5.50. The predicted octanol–water partition coefficient (Wildman–Crippen LogP) is 0.826. The Morgan fingerprint density at radius 2 is 2.38 bits per heavy atom. The second-order valence-electron chi connectivity index (χ2n) is 2.61. The summed E-state index contributed by atoms with van der Waals surface area (Å²) in [7, 11) is 0. The van der Waals surface area contributed by atoms with Crippen molar-refractivity contribution in [3.63, 3.8) is 0 Å². The van der Waals surface area contributed by atoms with Crippen LogP contribution in [0, 0.1) is 0 Å². The lowest BCUT2D eigenvalue weighted by Crippen LogP contribution is -2.22. The molecule has 1 unspecified atom stereocenters. The van der Waals surface area contributed by atoms with Crippen LogP contribution in [0.1, 0.15) is 17.5 Å². The van der Waals surface area contributed by atoms with Crippen molar-refractivity contribution in [2.75, 3.05) is 13.2 Å². The molecular weight excluding hydrogens is 213 g/mol. The van der Waals surface area contributed by atoms with E-state index in [0.717, 1.165) is 18.7 Å². The van der Waals surface area contributed by atoms with Gasteiger partial charge in [0.1, 0.15) is 6.10 Å². The van der Waals surface area contributed by atoms with Gasteiger partial charge in [0.2, 0.25) is 0 Å². The molecule has 0 aliphatic carbocycles. The highest BCUT2D eigenvalue weighted by Gasteiger charge is 2.21. The summed E-state index contributed by atoms with van der Waals surface area (Å²) in [4.78, 5) is 7.22. The van der Waals surface area contributed by atoms with Crippen molar-refractivity contribution in [2.24, 2.45) is 5.73 Å². The molecule has 76 valence electrons. The van der Waals surface area contributed by atoms with Crippen LogP contribution in [0.3, 0.4) is 0 Å². The van der Waals surface area contributed by atoms with Gasteiger partial charge in [0.05, 0.1) is 18.6 Å². The van der Waals surface area contributed by atoms with Gasteiger partial charge in [-0.2, -0.15) is 0 Å². The zero-order chi connectivity index (χ0) is 7.68. The number of aromatic nitrogens is 2. The summed E-state index contributed by atoms with van der Waals surface area (Å²) >= 11 is 0. The van der Waals surface area contributed by atoms with E-state index in [0.29, 0.717) is 6.54 Å². The van der Waals surface area contributed by atoms with Gasteiger partial charge < -0.3 is 15.5 Å². The summed E-state index contributed by atoms with van der Waals surface area (Å²) in [5.74, 6) is 0. The third kappa shape index (κ3) is 2.34. The molecule has 2 heterocycles. The Morgan fingerprint density at radius 1 is 1.62 bits per heavy atom. The molecule has 0 amide bonds. The van der Waals surface area contributed by atoms with Gasteiger partial charge in [0.15, 0.2) is 0 Å². The van der Waals surface area contributed by atoms with E-state index >= 15 is 0 Å². The molecule has 6 heteroatoms. The number of nitrogens with two attached hydrogens (primary N) is 1. The first kappa shape index (κ1) is 12.7. The molecule has 1 atom stereocenters. The standard InChI is InChI=1S/C7H11N3O.2ClH/c8-3-6-7-5(1-2-11-6)9-4-10-7;;/h4,6H,1-3,8H2,(H,9,10);2*1H. The number of nitrogens with one attached hydrogen (secondary N) is 1. The first-order valence-electron chi connectivity index (χ1n) is 3.75. The first-order valence-corrected chi connectivity index (χ1v) is 3.75. The number of halogens is 2. The van der Waals surface area contributed by atoms with E-state index in [-0.39, 0.29) is 30.9 Å². The summed E-state index contributed by atoms with van der Waals surface area (Å²) in [5, 5.41) is 0. The Balaban J connectivity index is 0.000000720. The number of hydrogen-bond donors (Lipinski definition) is 2. The van der Waals surface area contributed by atoms with Crippen molar-refractivity contribution in [1.82, 2.24) is 9.97 Å². The Morgan fingerprint density at radius 3 is 3.08 bits per heavy atom. The van der Waals surface area contributed by atoms with E-state index in [9.17, 15) is 0 Å². The topological polar surface area (TPSA) is 63.9 Å². The molecule has 0 bridgehead atoms. The van der Waals surface area contributed by atoms with Crippen LogP contribution in [0.4, 0.5) is 0 Å². The third-order valence-corrected chi connectivity index (χ3v) is 1.94. The van der Waals surface area contributed by atoms with Gasteiger partial charge in [-0.1, -0.05) is 0 Å². The van der Waals surface area contributed by atoms with E-state index in [1.165, 1.54) is 5.69 Å². The fourth-order valence-electron chi connectivity index (χ4n) is 1.37. The van der Waals surface area contributed by atoms with Crippen LogP contribution in [-0.2, 0) is 11.2 Å². The summed E-state index contributed by atoms with van der Waals surface area (Å²) in [6.45, 7) is 1.26. The number of rotatable bonds is 1. The number of H-pyrrole nitrogens is 1. The number of imidazole rings is 1. The molecule has 4 nitrogen and oxygen atoms in total. The van der Waals surface area contributed by atoms with Crippen LogP contribution >= 0.6 is 24.8 Å². The Kier molecular flexibility index (Phi) is 5.32. The van der Waals surface area contributed by atoms with Gasteiger partial charge in [-0.3, -0.25) is 0 Å². The SMILES string of the molecule is Cl.Cl.NCC1OCCc2[nH]cnc21. The van der Waals surface area contributed by atoms with Crippen LogP contribution in [0.5, 0.6) is 0 Å². The fraction of sp³-hybridized carbons (Fsp3) is 0.571. The van der Waals surface area contributed by atoms with Gasteiger partial charge in [-0.25, -0.2) is 4.98 Å². The second-order valence-corrected chi connectivity index (χ2v) is 2.61. The molecule has 0 saturated heterocycles. The van der Waals surface area contributed by atoms with E-state index in [1.54, 1.807) is 6.33 Å². The molecule has 0 spiro atoms. The zero-order valence-electron chi connectivity index (χ0n) is 7.03. The molecule has 1 aliphatic rings. The molecule has 0 fully saturated rings. The fourth-order valence-corrected chi connectivity index (χ4v) is 1.37. The lowest BCUT2D eigenvalue weighted by molar-refractivity contribution is 0.0451. The first-order chi connectivity index (χ1) is 5.42. The average molecular weight is 226 g/mol. The molecule has 0 aromatic carbocycles. The minimum atomic E-state index is 0. The lowest BCUT2D eigenvalue weighted by Gasteiger charge is -2.20. The molecule has 13 heavy (non-hydrogen) atoms. The van der Waals surface area contributed by atoms with Crippen LogP contribution in [-0.4, -0.2) is 23.1 Å². The monoisotopic (exact) mass is 225 g/mol. The molecule has 0 saturated carbocycles. The van der Waals surface area contributed by atoms with E-state index in [1.807, 2.05) is 0 Å². The Hall–Kier alpha value is -0.290. The lowest BCUT2D eigenvalue weighted by atomic mass is 10.1. The second kappa shape index (κ2) is 5.44. The van der Waals surface area contributed by atoms with Crippen LogP contribution < -0.4 is 5.73 Å². The molecule has 1 aliphatic heterocycles.